The van der Waals surface area contributed by atoms with E-state index in [9.17, 15) is 9.59 Å². The zero-order valence-corrected chi connectivity index (χ0v) is 11.2. The van der Waals surface area contributed by atoms with Gasteiger partial charge in [0.15, 0.2) is 0 Å². The minimum absolute atomic E-state index is 0.158. The first-order chi connectivity index (χ1) is 8.63. The summed E-state index contributed by atoms with van der Waals surface area (Å²) in [6.07, 6.45) is 0.283. The van der Waals surface area contributed by atoms with Crippen LogP contribution in [-0.4, -0.2) is 30.2 Å². The van der Waals surface area contributed by atoms with Crippen molar-refractivity contribution in [1.82, 2.24) is 10.6 Å². The molecule has 1 rings (SSSR count). The van der Waals surface area contributed by atoms with Gasteiger partial charge in [0, 0.05) is 12.3 Å². The number of nitrogens with one attached hydrogen (secondary N) is 2. The molecule has 5 heteroatoms. The van der Waals surface area contributed by atoms with Gasteiger partial charge < -0.3 is 10.6 Å². The highest BCUT2D eigenvalue weighted by Crippen LogP contribution is 1.99. The normalized spacial score (nSPS) is 11.7. The SMILES string of the molecule is C[C@H](NC(=O)Cc1ccccc1)C(=O)NCCS. The molecule has 18 heavy (non-hydrogen) atoms. The van der Waals surface area contributed by atoms with Gasteiger partial charge in [0.05, 0.1) is 6.42 Å². The van der Waals surface area contributed by atoms with Crippen LogP contribution < -0.4 is 10.6 Å². The van der Waals surface area contributed by atoms with Crippen molar-refractivity contribution in [2.45, 2.75) is 19.4 Å². The lowest BCUT2D eigenvalue weighted by Gasteiger charge is -2.13. The van der Waals surface area contributed by atoms with Crippen LogP contribution in [0.2, 0.25) is 0 Å². The minimum atomic E-state index is -0.527. The predicted octanol–water partition coefficient (Wildman–Crippen LogP) is 0.780. The molecule has 1 aromatic rings. The summed E-state index contributed by atoms with van der Waals surface area (Å²) < 4.78 is 0. The second-order valence-corrected chi connectivity index (χ2v) is 4.41. The fourth-order valence-electron chi connectivity index (χ4n) is 1.47. The number of hydrogen-bond acceptors (Lipinski definition) is 3. The summed E-state index contributed by atoms with van der Waals surface area (Å²) >= 11 is 4.00. The molecule has 0 heterocycles. The molecular formula is C13H18N2O2S. The van der Waals surface area contributed by atoms with E-state index in [-0.39, 0.29) is 18.2 Å². The smallest absolute Gasteiger partial charge is 0.242 e. The van der Waals surface area contributed by atoms with Crippen LogP contribution in [0.5, 0.6) is 0 Å². The van der Waals surface area contributed by atoms with Crippen LogP contribution in [0.1, 0.15) is 12.5 Å². The predicted molar refractivity (Wildman–Crippen MR) is 74.6 cm³/mol. The third-order valence-electron chi connectivity index (χ3n) is 2.39. The third kappa shape index (κ3) is 5.23. The molecule has 0 aliphatic heterocycles. The average molecular weight is 266 g/mol. The molecular weight excluding hydrogens is 248 g/mol. The number of hydrogen-bond donors (Lipinski definition) is 3. The van der Waals surface area contributed by atoms with E-state index in [2.05, 4.69) is 23.3 Å². The third-order valence-corrected chi connectivity index (χ3v) is 2.61. The number of benzene rings is 1. The quantitative estimate of drug-likeness (QED) is 0.666. The maximum Gasteiger partial charge on any atom is 0.242 e. The number of carbonyl (C=O) groups excluding carboxylic acids is 2. The molecule has 0 unspecified atom stereocenters. The monoisotopic (exact) mass is 266 g/mol. The van der Waals surface area contributed by atoms with Crippen molar-refractivity contribution in [3.05, 3.63) is 35.9 Å². The van der Waals surface area contributed by atoms with Crippen LogP contribution in [0.15, 0.2) is 30.3 Å². The summed E-state index contributed by atoms with van der Waals surface area (Å²) in [5, 5.41) is 5.33. The van der Waals surface area contributed by atoms with Crippen LogP contribution in [0.25, 0.3) is 0 Å². The molecule has 0 saturated heterocycles. The highest BCUT2D eigenvalue weighted by atomic mass is 32.1. The Hall–Kier alpha value is -1.49. The van der Waals surface area contributed by atoms with Gasteiger partial charge in [-0.25, -0.2) is 0 Å². The highest BCUT2D eigenvalue weighted by molar-refractivity contribution is 7.80. The fourth-order valence-corrected chi connectivity index (χ4v) is 1.58. The number of thiol groups is 1. The Bertz CT molecular complexity index is 395. The Kier molecular flexibility index (Phi) is 6.28. The van der Waals surface area contributed by atoms with Crippen molar-refractivity contribution >= 4 is 24.4 Å². The van der Waals surface area contributed by atoms with Gasteiger partial charge in [0.25, 0.3) is 0 Å². The van der Waals surface area contributed by atoms with Crippen LogP contribution in [0, 0.1) is 0 Å². The zero-order chi connectivity index (χ0) is 13.4. The van der Waals surface area contributed by atoms with Gasteiger partial charge in [0.1, 0.15) is 6.04 Å². The van der Waals surface area contributed by atoms with E-state index in [1.807, 2.05) is 30.3 Å². The highest BCUT2D eigenvalue weighted by Gasteiger charge is 2.14. The topological polar surface area (TPSA) is 58.2 Å². The van der Waals surface area contributed by atoms with Gasteiger partial charge in [-0.05, 0) is 12.5 Å². The number of rotatable bonds is 6. The average Bonchev–Trinajstić information content (AvgIpc) is 2.36. The van der Waals surface area contributed by atoms with Crippen molar-refractivity contribution in [1.29, 1.82) is 0 Å². The molecule has 1 atom stereocenters. The van der Waals surface area contributed by atoms with Crippen molar-refractivity contribution < 1.29 is 9.59 Å². The summed E-state index contributed by atoms with van der Waals surface area (Å²) in [6.45, 7) is 2.16. The van der Waals surface area contributed by atoms with E-state index in [1.54, 1.807) is 6.92 Å². The summed E-state index contributed by atoms with van der Waals surface area (Å²) in [6, 6.07) is 8.89. The molecule has 0 aliphatic rings. The molecule has 0 aromatic heterocycles. The first-order valence-corrected chi connectivity index (χ1v) is 6.48. The maximum atomic E-state index is 11.7. The molecule has 0 radical (unpaired) electrons. The first-order valence-electron chi connectivity index (χ1n) is 5.85. The number of carbonyl (C=O) groups is 2. The minimum Gasteiger partial charge on any atom is -0.354 e. The summed E-state index contributed by atoms with van der Waals surface area (Å²) in [7, 11) is 0. The summed E-state index contributed by atoms with van der Waals surface area (Å²) in [5.74, 6) is 0.233. The van der Waals surface area contributed by atoms with Gasteiger partial charge in [-0.3, -0.25) is 9.59 Å². The van der Waals surface area contributed by atoms with Gasteiger partial charge >= 0.3 is 0 Å². The van der Waals surface area contributed by atoms with Crippen LogP contribution in [0.4, 0.5) is 0 Å². The lowest BCUT2D eigenvalue weighted by atomic mass is 10.1. The molecule has 1 aromatic carbocycles. The summed E-state index contributed by atoms with van der Waals surface area (Å²) in [5.41, 5.74) is 0.929. The van der Waals surface area contributed by atoms with Crippen LogP contribution in [0.3, 0.4) is 0 Å². The molecule has 2 amide bonds. The second kappa shape index (κ2) is 7.76. The molecule has 0 saturated carbocycles. The van der Waals surface area contributed by atoms with Crippen molar-refractivity contribution in [3.63, 3.8) is 0 Å². The van der Waals surface area contributed by atoms with E-state index in [0.29, 0.717) is 12.3 Å². The van der Waals surface area contributed by atoms with E-state index >= 15 is 0 Å². The maximum absolute atomic E-state index is 11.7. The van der Waals surface area contributed by atoms with Crippen molar-refractivity contribution in [2.75, 3.05) is 12.3 Å². The molecule has 2 N–H and O–H groups in total. The van der Waals surface area contributed by atoms with Gasteiger partial charge in [-0.15, -0.1) is 0 Å². The molecule has 4 nitrogen and oxygen atoms in total. The van der Waals surface area contributed by atoms with E-state index in [4.69, 9.17) is 0 Å². The Balaban J connectivity index is 2.38. The fraction of sp³-hybridized carbons (Fsp3) is 0.385. The molecule has 0 aliphatic carbocycles. The Morgan fingerprint density at radius 1 is 1.28 bits per heavy atom. The number of amides is 2. The summed E-state index contributed by atoms with van der Waals surface area (Å²) in [4.78, 5) is 23.2. The van der Waals surface area contributed by atoms with E-state index in [0.717, 1.165) is 5.56 Å². The van der Waals surface area contributed by atoms with Crippen molar-refractivity contribution in [2.24, 2.45) is 0 Å². The Morgan fingerprint density at radius 2 is 1.94 bits per heavy atom. The van der Waals surface area contributed by atoms with Crippen LogP contribution in [-0.2, 0) is 16.0 Å². The van der Waals surface area contributed by atoms with E-state index in [1.165, 1.54) is 0 Å². The van der Waals surface area contributed by atoms with Gasteiger partial charge in [-0.1, -0.05) is 30.3 Å². The molecule has 98 valence electrons. The van der Waals surface area contributed by atoms with E-state index < -0.39 is 6.04 Å². The Labute approximate surface area is 113 Å². The van der Waals surface area contributed by atoms with Gasteiger partial charge in [-0.2, -0.15) is 12.6 Å². The van der Waals surface area contributed by atoms with Gasteiger partial charge in [0.2, 0.25) is 11.8 Å². The second-order valence-electron chi connectivity index (χ2n) is 3.97. The zero-order valence-electron chi connectivity index (χ0n) is 10.3. The molecule has 0 bridgehead atoms. The molecule has 0 spiro atoms. The standard InChI is InChI=1S/C13H18N2O2S/c1-10(13(17)14-7-8-18)15-12(16)9-11-5-3-2-4-6-11/h2-6,10,18H,7-9H2,1H3,(H,14,17)(H,15,16)/t10-/m0/s1. The molecule has 0 fully saturated rings. The van der Waals surface area contributed by atoms with Crippen molar-refractivity contribution in [3.8, 4) is 0 Å². The lowest BCUT2D eigenvalue weighted by molar-refractivity contribution is -0.128. The lowest BCUT2D eigenvalue weighted by Crippen LogP contribution is -2.45. The van der Waals surface area contributed by atoms with Crippen LogP contribution >= 0.6 is 12.6 Å². The Morgan fingerprint density at radius 3 is 2.56 bits per heavy atom. The first kappa shape index (κ1) is 14.6. The largest absolute Gasteiger partial charge is 0.354 e.